The van der Waals surface area contributed by atoms with E-state index in [-0.39, 0.29) is 24.0 Å². The van der Waals surface area contributed by atoms with E-state index in [2.05, 4.69) is 29.5 Å². The number of hydrogen-bond acceptors (Lipinski definition) is 3. The van der Waals surface area contributed by atoms with Crippen LogP contribution in [0.5, 0.6) is 0 Å². The van der Waals surface area contributed by atoms with Gasteiger partial charge in [-0.3, -0.25) is 4.99 Å². The minimum Gasteiger partial charge on any atom is -0.386 e. The van der Waals surface area contributed by atoms with Gasteiger partial charge >= 0.3 is 0 Å². The van der Waals surface area contributed by atoms with Gasteiger partial charge in [0.1, 0.15) is 6.10 Å². The molecule has 1 atom stereocenters. The van der Waals surface area contributed by atoms with Crippen LogP contribution in [0.15, 0.2) is 17.1 Å². The molecule has 0 amide bonds. The average molecular weight is 446 g/mol. The summed E-state index contributed by atoms with van der Waals surface area (Å²) in [5.74, 6) is 1.40. The van der Waals surface area contributed by atoms with Crippen LogP contribution in [0.1, 0.15) is 38.2 Å². The highest BCUT2D eigenvalue weighted by Crippen LogP contribution is 2.26. The molecule has 0 fully saturated rings. The third-order valence-corrected chi connectivity index (χ3v) is 4.04. The number of nitrogens with zero attached hydrogens (tertiary/aromatic N) is 1. The lowest BCUT2D eigenvalue weighted by Crippen LogP contribution is -2.38. The van der Waals surface area contributed by atoms with E-state index in [0.29, 0.717) is 16.8 Å². The third kappa shape index (κ3) is 8.85. The van der Waals surface area contributed by atoms with Crippen LogP contribution < -0.4 is 10.6 Å². The molecule has 0 spiro atoms. The van der Waals surface area contributed by atoms with Gasteiger partial charge in [-0.1, -0.05) is 25.4 Å². The fourth-order valence-corrected chi connectivity index (χ4v) is 2.63. The number of aliphatic hydroxyl groups excluding tert-OH is 1. The van der Waals surface area contributed by atoms with Crippen LogP contribution in [0.2, 0.25) is 4.34 Å². The van der Waals surface area contributed by atoms with Gasteiger partial charge in [0.05, 0.1) is 10.9 Å². The van der Waals surface area contributed by atoms with E-state index >= 15 is 0 Å². The standard InChI is InChI=1S/C14H24ClN3OS.HI/c1-4-16-14(17-8-7-10(2)3)18-9-11(19)12-5-6-13(15)20-12;/h5-6,10-11,19H,4,7-9H2,1-3H3,(H2,16,17,18);1H. The molecule has 0 aliphatic rings. The Morgan fingerprint density at radius 2 is 2.10 bits per heavy atom. The van der Waals surface area contributed by atoms with Gasteiger partial charge in [-0.25, -0.2) is 0 Å². The summed E-state index contributed by atoms with van der Waals surface area (Å²) in [6, 6.07) is 3.63. The number of guanidine groups is 1. The zero-order valence-electron chi connectivity index (χ0n) is 12.7. The van der Waals surface area contributed by atoms with Crippen LogP contribution >= 0.6 is 46.9 Å². The van der Waals surface area contributed by atoms with Gasteiger partial charge < -0.3 is 15.7 Å². The molecule has 0 radical (unpaired) electrons. The van der Waals surface area contributed by atoms with Crippen molar-refractivity contribution in [1.29, 1.82) is 0 Å². The summed E-state index contributed by atoms with van der Waals surface area (Å²) < 4.78 is 0.685. The van der Waals surface area contributed by atoms with E-state index in [1.807, 2.05) is 13.0 Å². The number of hydrogen-bond donors (Lipinski definition) is 3. The van der Waals surface area contributed by atoms with Crippen molar-refractivity contribution >= 4 is 52.9 Å². The predicted molar refractivity (Wildman–Crippen MR) is 103 cm³/mol. The van der Waals surface area contributed by atoms with Crippen molar-refractivity contribution in [2.75, 3.05) is 19.6 Å². The Bertz CT molecular complexity index is 426. The van der Waals surface area contributed by atoms with Crippen molar-refractivity contribution in [1.82, 2.24) is 10.6 Å². The van der Waals surface area contributed by atoms with Crippen molar-refractivity contribution in [3.05, 3.63) is 21.3 Å². The molecule has 1 aromatic rings. The second kappa shape index (κ2) is 11.5. The zero-order valence-corrected chi connectivity index (χ0v) is 16.6. The molecule has 0 bridgehead atoms. The number of halogens is 2. The van der Waals surface area contributed by atoms with Crippen molar-refractivity contribution in [3.8, 4) is 0 Å². The molecule has 122 valence electrons. The Morgan fingerprint density at radius 3 is 2.62 bits per heavy atom. The maximum Gasteiger partial charge on any atom is 0.191 e. The van der Waals surface area contributed by atoms with Gasteiger partial charge in [-0.2, -0.15) is 0 Å². The minimum atomic E-state index is -0.604. The summed E-state index contributed by atoms with van der Waals surface area (Å²) in [5, 5.41) is 16.5. The second-order valence-corrected chi connectivity index (χ2v) is 6.73. The lowest BCUT2D eigenvalue weighted by atomic mass is 10.1. The topological polar surface area (TPSA) is 56.7 Å². The molecular weight excluding hydrogens is 421 g/mol. The fraction of sp³-hybridized carbons (Fsp3) is 0.643. The first-order chi connectivity index (χ1) is 9.52. The molecule has 21 heavy (non-hydrogen) atoms. The van der Waals surface area contributed by atoms with Crippen molar-refractivity contribution in [3.63, 3.8) is 0 Å². The largest absolute Gasteiger partial charge is 0.386 e. The Morgan fingerprint density at radius 1 is 1.38 bits per heavy atom. The van der Waals surface area contributed by atoms with Crippen LogP contribution in [0.3, 0.4) is 0 Å². The summed E-state index contributed by atoms with van der Waals surface area (Å²) in [7, 11) is 0. The van der Waals surface area contributed by atoms with Gasteiger partial charge in [0.25, 0.3) is 0 Å². The number of aliphatic hydroxyl groups is 1. The molecule has 0 aliphatic heterocycles. The highest BCUT2D eigenvalue weighted by molar-refractivity contribution is 14.0. The Balaban J connectivity index is 0.00000400. The fourth-order valence-electron chi connectivity index (χ4n) is 1.60. The van der Waals surface area contributed by atoms with E-state index in [1.165, 1.54) is 11.3 Å². The third-order valence-electron chi connectivity index (χ3n) is 2.70. The van der Waals surface area contributed by atoms with Gasteiger partial charge in [0.15, 0.2) is 5.96 Å². The second-order valence-electron chi connectivity index (χ2n) is 4.99. The molecule has 0 saturated heterocycles. The summed E-state index contributed by atoms with van der Waals surface area (Å²) in [4.78, 5) is 5.25. The molecule has 1 unspecified atom stereocenters. The molecule has 1 rings (SSSR count). The molecule has 3 N–H and O–H groups in total. The molecular formula is C14H25ClIN3OS. The highest BCUT2D eigenvalue weighted by atomic mass is 127. The average Bonchev–Trinajstić information content (AvgIpc) is 2.82. The highest BCUT2D eigenvalue weighted by Gasteiger charge is 2.10. The molecule has 1 heterocycles. The van der Waals surface area contributed by atoms with E-state index in [0.717, 1.165) is 30.3 Å². The van der Waals surface area contributed by atoms with E-state index < -0.39 is 6.10 Å². The Labute approximate surface area is 153 Å². The first kappa shape index (κ1) is 20.9. The minimum absolute atomic E-state index is 0. The smallest absolute Gasteiger partial charge is 0.191 e. The summed E-state index contributed by atoms with van der Waals surface area (Å²) >= 11 is 7.25. The lowest BCUT2D eigenvalue weighted by molar-refractivity contribution is 0.191. The number of rotatable bonds is 7. The van der Waals surface area contributed by atoms with Crippen molar-refractivity contribution in [2.45, 2.75) is 33.3 Å². The van der Waals surface area contributed by atoms with Gasteiger partial charge in [0.2, 0.25) is 0 Å². The zero-order chi connectivity index (χ0) is 15.0. The van der Waals surface area contributed by atoms with Gasteiger partial charge in [-0.05, 0) is 31.4 Å². The monoisotopic (exact) mass is 445 g/mol. The molecule has 0 aliphatic carbocycles. The van der Waals surface area contributed by atoms with E-state index in [9.17, 15) is 5.11 Å². The first-order valence-corrected chi connectivity index (χ1v) is 8.17. The van der Waals surface area contributed by atoms with Crippen molar-refractivity contribution < 1.29 is 5.11 Å². The lowest BCUT2D eigenvalue weighted by Gasteiger charge is -2.13. The molecule has 0 aromatic carbocycles. The summed E-state index contributed by atoms with van der Waals surface area (Å²) in [6.07, 6.45) is 0.487. The molecule has 7 heteroatoms. The number of aliphatic imine (C=N–C) groups is 1. The summed E-state index contributed by atoms with van der Waals surface area (Å²) in [5.41, 5.74) is 0. The quantitative estimate of drug-likeness (QED) is 0.341. The van der Waals surface area contributed by atoms with Crippen LogP contribution in [0.4, 0.5) is 0 Å². The maximum atomic E-state index is 10.1. The van der Waals surface area contributed by atoms with Gasteiger partial charge in [-0.15, -0.1) is 35.3 Å². The first-order valence-electron chi connectivity index (χ1n) is 6.98. The molecule has 1 aromatic heterocycles. The van der Waals surface area contributed by atoms with Crippen LogP contribution in [0, 0.1) is 5.92 Å². The van der Waals surface area contributed by atoms with Crippen LogP contribution in [-0.4, -0.2) is 30.7 Å². The molecule has 4 nitrogen and oxygen atoms in total. The van der Waals surface area contributed by atoms with Crippen LogP contribution in [0.25, 0.3) is 0 Å². The molecule has 0 saturated carbocycles. The van der Waals surface area contributed by atoms with E-state index in [4.69, 9.17) is 11.6 Å². The summed E-state index contributed by atoms with van der Waals surface area (Å²) in [6.45, 7) is 8.41. The number of thiophene rings is 1. The van der Waals surface area contributed by atoms with Crippen molar-refractivity contribution in [2.24, 2.45) is 10.9 Å². The maximum absolute atomic E-state index is 10.1. The van der Waals surface area contributed by atoms with Gasteiger partial charge in [0, 0.05) is 18.0 Å². The van der Waals surface area contributed by atoms with E-state index in [1.54, 1.807) is 6.07 Å². The van der Waals surface area contributed by atoms with Crippen LogP contribution in [-0.2, 0) is 0 Å². The predicted octanol–water partition coefficient (Wildman–Crippen LogP) is 3.65. The Kier molecular flexibility index (Phi) is 11.5. The Hall–Kier alpha value is -0.0500. The SMILES string of the molecule is CCNC(=NCC(O)c1ccc(Cl)s1)NCCC(C)C.I. The normalized spacial score (nSPS) is 13.0. The number of nitrogens with one attached hydrogen (secondary N) is 2.